The summed E-state index contributed by atoms with van der Waals surface area (Å²) in [7, 11) is 4.03. The molecule has 1 saturated heterocycles. The van der Waals surface area contributed by atoms with E-state index in [0.29, 0.717) is 12.6 Å². The van der Waals surface area contributed by atoms with Crippen molar-refractivity contribution in [1.29, 1.82) is 0 Å². The summed E-state index contributed by atoms with van der Waals surface area (Å²) < 4.78 is 0. The summed E-state index contributed by atoms with van der Waals surface area (Å²) in [6.07, 6.45) is 9.49. The molecule has 0 unspecified atom stereocenters. The molecule has 6 heteroatoms. The SMILES string of the molecule is CCNC(=NCc1cccc(N(C)C)n1)NC1CCN(C2CCCCC2)CC1. The fraction of sp³-hybridized carbons (Fsp3) is 0.727. The minimum atomic E-state index is 0.513. The molecule has 1 aliphatic carbocycles. The molecule has 0 radical (unpaired) electrons. The average Bonchev–Trinajstić information content (AvgIpc) is 2.73. The van der Waals surface area contributed by atoms with Gasteiger partial charge in [0.1, 0.15) is 5.82 Å². The topological polar surface area (TPSA) is 55.8 Å². The maximum atomic E-state index is 4.79. The van der Waals surface area contributed by atoms with Gasteiger partial charge in [0.2, 0.25) is 0 Å². The lowest BCUT2D eigenvalue weighted by Gasteiger charge is -2.39. The van der Waals surface area contributed by atoms with Gasteiger partial charge in [-0.2, -0.15) is 0 Å². The van der Waals surface area contributed by atoms with E-state index >= 15 is 0 Å². The van der Waals surface area contributed by atoms with Crippen molar-refractivity contribution in [1.82, 2.24) is 20.5 Å². The third-order valence-corrected chi connectivity index (χ3v) is 5.96. The Morgan fingerprint density at radius 3 is 2.57 bits per heavy atom. The van der Waals surface area contributed by atoms with Crippen molar-refractivity contribution in [3.05, 3.63) is 23.9 Å². The Labute approximate surface area is 170 Å². The molecule has 156 valence electrons. The fourth-order valence-corrected chi connectivity index (χ4v) is 4.33. The van der Waals surface area contributed by atoms with Crippen LogP contribution in [0.15, 0.2) is 23.2 Å². The maximum absolute atomic E-state index is 4.79. The first-order valence-corrected chi connectivity index (χ1v) is 11.1. The first-order valence-electron chi connectivity index (χ1n) is 11.1. The molecule has 2 fully saturated rings. The Hall–Kier alpha value is -1.82. The Bertz CT molecular complexity index is 615. The summed E-state index contributed by atoms with van der Waals surface area (Å²) in [5.74, 6) is 1.89. The van der Waals surface area contributed by atoms with E-state index in [1.165, 1.54) is 58.0 Å². The van der Waals surface area contributed by atoms with Gasteiger partial charge in [-0.3, -0.25) is 0 Å². The number of piperidine rings is 1. The molecule has 0 atom stereocenters. The predicted molar refractivity (Wildman–Crippen MR) is 118 cm³/mol. The molecule has 2 heterocycles. The molecule has 1 aromatic heterocycles. The van der Waals surface area contributed by atoms with E-state index in [1.807, 2.05) is 31.1 Å². The van der Waals surface area contributed by atoms with Crippen LogP contribution in [-0.4, -0.2) is 61.7 Å². The van der Waals surface area contributed by atoms with Crippen LogP contribution in [0.1, 0.15) is 57.6 Å². The predicted octanol–water partition coefficient (Wildman–Crippen LogP) is 3.00. The van der Waals surface area contributed by atoms with Gasteiger partial charge < -0.3 is 20.4 Å². The minimum Gasteiger partial charge on any atom is -0.363 e. The molecule has 0 aromatic carbocycles. The smallest absolute Gasteiger partial charge is 0.191 e. The molecule has 0 bridgehead atoms. The summed E-state index contributed by atoms with van der Waals surface area (Å²) in [4.78, 5) is 14.2. The zero-order chi connectivity index (χ0) is 19.8. The van der Waals surface area contributed by atoms with E-state index in [-0.39, 0.29) is 0 Å². The molecular weight excluding hydrogens is 348 g/mol. The van der Waals surface area contributed by atoms with Crippen molar-refractivity contribution in [2.45, 2.75) is 70.5 Å². The fourth-order valence-electron chi connectivity index (χ4n) is 4.33. The number of hydrogen-bond donors (Lipinski definition) is 2. The molecule has 0 spiro atoms. The molecule has 3 rings (SSSR count). The summed E-state index contributed by atoms with van der Waals surface area (Å²) in [5, 5.41) is 7.06. The quantitative estimate of drug-likeness (QED) is 0.581. The zero-order valence-corrected chi connectivity index (χ0v) is 18.0. The van der Waals surface area contributed by atoms with Crippen molar-refractivity contribution in [3.63, 3.8) is 0 Å². The van der Waals surface area contributed by atoms with Crippen molar-refractivity contribution in [2.24, 2.45) is 4.99 Å². The highest BCUT2D eigenvalue weighted by atomic mass is 15.2. The summed E-state index contributed by atoms with van der Waals surface area (Å²) >= 11 is 0. The van der Waals surface area contributed by atoms with Crippen molar-refractivity contribution < 1.29 is 0 Å². The van der Waals surface area contributed by atoms with Gasteiger partial charge in [0, 0.05) is 45.8 Å². The lowest BCUT2D eigenvalue weighted by Crippen LogP contribution is -2.50. The van der Waals surface area contributed by atoms with Crippen LogP contribution < -0.4 is 15.5 Å². The van der Waals surface area contributed by atoms with E-state index in [2.05, 4.69) is 33.5 Å². The number of likely N-dealkylation sites (tertiary alicyclic amines) is 1. The first-order chi connectivity index (χ1) is 13.7. The maximum Gasteiger partial charge on any atom is 0.191 e. The molecule has 1 aromatic rings. The summed E-state index contributed by atoms with van der Waals surface area (Å²) in [6.45, 7) is 6.02. The summed E-state index contributed by atoms with van der Waals surface area (Å²) in [6, 6.07) is 7.47. The van der Waals surface area contributed by atoms with E-state index in [0.717, 1.165) is 30.1 Å². The minimum absolute atomic E-state index is 0.513. The monoisotopic (exact) mass is 386 g/mol. The van der Waals surface area contributed by atoms with Gasteiger partial charge in [-0.05, 0) is 44.7 Å². The van der Waals surface area contributed by atoms with E-state index < -0.39 is 0 Å². The number of anilines is 1. The average molecular weight is 387 g/mol. The number of rotatable bonds is 6. The molecule has 1 aliphatic heterocycles. The van der Waals surface area contributed by atoms with Crippen LogP contribution in [-0.2, 0) is 6.54 Å². The lowest BCUT2D eigenvalue weighted by atomic mass is 9.92. The van der Waals surface area contributed by atoms with Gasteiger partial charge in [-0.25, -0.2) is 9.98 Å². The second kappa shape index (κ2) is 10.6. The highest BCUT2D eigenvalue weighted by Gasteiger charge is 2.26. The number of nitrogens with one attached hydrogen (secondary N) is 2. The van der Waals surface area contributed by atoms with Crippen molar-refractivity contribution >= 4 is 11.8 Å². The number of guanidine groups is 1. The van der Waals surface area contributed by atoms with Gasteiger partial charge >= 0.3 is 0 Å². The number of aromatic nitrogens is 1. The second-order valence-corrected chi connectivity index (χ2v) is 8.32. The third kappa shape index (κ3) is 6.09. The molecule has 2 N–H and O–H groups in total. The van der Waals surface area contributed by atoms with Crippen molar-refractivity contribution in [3.8, 4) is 0 Å². The highest BCUT2D eigenvalue weighted by molar-refractivity contribution is 5.80. The van der Waals surface area contributed by atoms with Crippen LogP contribution in [0.2, 0.25) is 0 Å². The number of hydrogen-bond acceptors (Lipinski definition) is 4. The van der Waals surface area contributed by atoms with Gasteiger partial charge in [0.05, 0.1) is 12.2 Å². The molecule has 0 amide bonds. The van der Waals surface area contributed by atoms with Gasteiger partial charge in [-0.1, -0.05) is 25.3 Å². The number of aliphatic imine (C=N–C) groups is 1. The molecular formula is C22H38N6. The van der Waals surface area contributed by atoms with Crippen LogP contribution in [0.5, 0.6) is 0 Å². The molecule has 1 saturated carbocycles. The number of nitrogens with zero attached hydrogens (tertiary/aromatic N) is 4. The molecule has 28 heavy (non-hydrogen) atoms. The van der Waals surface area contributed by atoms with E-state index in [4.69, 9.17) is 4.99 Å². The van der Waals surface area contributed by atoms with Gasteiger partial charge in [-0.15, -0.1) is 0 Å². The normalized spacial score (nSPS) is 20.2. The second-order valence-electron chi connectivity index (χ2n) is 8.32. The standard InChI is InChI=1S/C22H38N6/c1-4-23-22(24-17-19-9-8-12-21(25-19)27(2)3)26-18-13-15-28(16-14-18)20-10-6-5-7-11-20/h8-9,12,18,20H,4-7,10-11,13-17H2,1-3H3,(H2,23,24,26). The van der Waals surface area contributed by atoms with E-state index in [9.17, 15) is 0 Å². The van der Waals surface area contributed by atoms with Crippen LogP contribution in [0.3, 0.4) is 0 Å². The van der Waals surface area contributed by atoms with Crippen LogP contribution in [0.25, 0.3) is 0 Å². The zero-order valence-electron chi connectivity index (χ0n) is 18.0. The van der Waals surface area contributed by atoms with Gasteiger partial charge in [0.15, 0.2) is 5.96 Å². The number of pyridine rings is 1. The molecule has 2 aliphatic rings. The Morgan fingerprint density at radius 2 is 1.89 bits per heavy atom. The van der Waals surface area contributed by atoms with Crippen molar-refractivity contribution in [2.75, 3.05) is 38.6 Å². The third-order valence-electron chi connectivity index (χ3n) is 5.96. The van der Waals surface area contributed by atoms with Crippen LogP contribution in [0, 0.1) is 0 Å². The van der Waals surface area contributed by atoms with Crippen LogP contribution >= 0.6 is 0 Å². The largest absolute Gasteiger partial charge is 0.363 e. The Kier molecular flexibility index (Phi) is 7.95. The first kappa shape index (κ1) is 20.9. The Balaban J connectivity index is 1.51. The van der Waals surface area contributed by atoms with Crippen LogP contribution in [0.4, 0.5) is 5.82 Å². The Morgan fingerprint density at radius 1 is 1.14 bits per heavy atom. The summed E-state index contributed by atoms with van der Waals surface area (Å²) in [5.41, 5.74) is 0.996. The van der Waals surface area contributed by atoms with E-state index in [1.54, 1.807) is 0 Å². The molecule has 6 nitrogen and oxygen atoms in total. The highest BCUT2D eigenvalue weighted by Crippen LogP contribution is 2.25. The van der Waals surface area contributed by atoms with Gasteiger partial charge in [0.25, 0.3) is 0 Å². The lowest BCUT2D eigenvalue weighted by molar-refractivity contribution is 0.119.